The molecule has 1 N–H and O–H groups in total. The molecule has 0 rings (SSSR count). The molecule has 0 aromatic rings. The molecule has 2 unspecified atom stereocenters. The lowest BCUT2D eigenvalue weighted by Crippen LogP contribution is -2.37. The largest absolute Gasteiger partial charge is 0.390 e. The Bertz CT molecular complexity index is 250. The Morgan fingerprint density at radius 2 is 1.08 bits per heavy atom. The van der Waals surface area contributed by atoms with Gasteiger partial charge in [0, 0.05) is 0 Å². The zero-order valence-electron chi connectivity index (χ0n) is 17.5. The van der Waals surface area contributed by atoms with E-state index in [2.05, 4.69) is 27.7 Å². The molecule has 0 bridgehead atoms. The Morgan fingerprint density at radius 3 is 1.58 bits per heavy atom. The van der Waals surface area contributed by atoms with E-state index in [1.165, 1.54) is 96.3 Å². The normalized spacial score (nSPS) is 15.4. The van der Waals surface area contributed by atoms with Gasteiger partial charge in [0.2, 0.25) is 0 Å². The highest BCUT2D eigenvalue weighted by Crippen LogP contribution is 2.35. The minimum absolute atomic E-state index is 0.399. The molecule has 24 heavy (non-hydrogen) atoms. The third-order valence-corrected chi connectivity index (χ3v) is 5.88. The van der Waals surface area contributed by atoms with Gasteiger partial charge in [-0.25, -0.2) is 0 Å². The highest BCUT2D eigenvalue weighted by Gasteiger charge is 2.33. The van der Waals surface area contributed by atoms with Crippen molar-refractivity contribution in [1.29, 1.82) is 0 Å². The summed E-state index contributed by atoms with van der Waals surface area (Å²) in [6.07, 6.45) is 21.7. The summed E-state index contributed by atoms with van der Waals surface area (Å²) in [6.45, 7) is 9.02. The number of aliphatic hydroxyl groups is 1. The van der Waals surface area contributed by atoms with Gasteiger partial charge in [-0.3, -0.25) is 0 Å². The fourth-order valence-electron chi connectivity index (χ4n) is 4.08. The SMILES string of the molecule is CCCCCCCCC(CCC)C(O)(CC)CCCCCCCC. The summed E-state index contributed by atoms with van der Waals surface area (Å²) in [5, 5.41) is 11.3. The molecule has 1 nitrogen and oxygen atoms in total. The van der Waals surface area contributed by atoms with E-state index < -0.39 is 5.60 Å². The lowest BCUT2D eigenvalue weighted by atomic mass is 9.76. The molecule has 0 heterocycles. The Kier molecular flexibility index (Phi) is 16.4. The Balaban J connectivity index is 4.17. The first-order chi connectivity index (χ1) is 11.6. The average Bonchev–Trinajstić information content (AvgIpc) is 2.59. The van der Waals surface area contributed by atoms with E-state index in [0.717, 1.165) is 12.8 Å². The van der Waals surface area contributed by atoms with Crippen molar-refractivity contribution in [3.63, 3.8) is 0 Å². The van der Waals surface area contributed by atoms with E-state index in [-0.39, 0.29) is 0 Å². The van der Waals surface area contributed by atoms with Gasteiger partial charge in [0.25, 0.3) is 0 Å². The number of rotatable bonds is 18. The van der Waals surface area contributed by atoms with E-state index in [9.17, 15) is 5.11 Å². The van der Waals surface area contributed by atoms with Crippen LogP contribution in [-0.4, -0.2) is 10.7 Å². The van der Waals surface area contributed by atoms with Gasteiger partial charge in [-0.1, -0.05) is 111 Å². The second-order valence-electron chi connectivity index (χ2n) is 8.02. The van der Waals surface area contributed by atoms with Crippen LogP contribution >= 0.6 is 0 Å². The zero-order valence-corrected chi connectivity index (χ0v) is 17.5. The summed E-state index contributed by atoms with van der Waals surface area (Å²) in [7, 11) is 0. The predicted octanol–water partition coefficient (Wildman–Crippen LogP) is 8.05. The maximum Gasteiger partial charge on any atom is 0.0673 e. The van der Waals surface area contributed by atoms with Gasteiger partial charge < -0.3 is 5.11 Å². The molecule has 0 aliphatic carbocycles. The summed E-state index contributed by atoms with van der Waals surface area (Å²) in [5.74, 6) is 0.523. The first-order valence-electron chi connectivity index (χ1n) is 11.4. The molecular weight excluding hydrogens is 292 g/mol. The van der Waals surface area contributed by atoms with E-state index in [4.69, 9.17) is 0 Å². The Hall–Kier alpha value is -0.0400. The second kappa shape index (κ2) is 16.4. The number of hydrogen-bond donors (Lipinski definition) is 1. The quantitative estimate of drug-likeness (QED) is 0.250. The molecule has 0 saturated carbocycles. The maximum absolute atomic E-state index is 11.3. The van der Waals surface area contributed by atoms with Crippen LogP contribution < -0.4 is 0 Å². The van der Waals surface area contributed by atoms with Crippen molar-refractivity contribution in [3.05, 3.63) is 0 Å². The summed E-state index contributed by atoms with van der Waals surface area (Å²) >= 11 is 0. The van der Waals surface area contributed by atoms with E-state index in [0.29, 0.717) is 5.92 Å². The molecule has 0 aliphatic heterocycles. The molecule has 0 aromatic carbocycles. The van der Waals surface area contributed by atoms with Gasteiger partial charge in [0.15, 0.2) is 0 Å². The van der Waals surface area contributed by atoms with Gasteiger partial charge in [0.05, 0.1) is 5.60 Å². The van der Waals surface area contributed by atoms with Crippen molar-refractivity contribution in [3.8, 4) is 0 Å². The van der Waals surface area contributed by atoms with Crippen molar-refractivity contribution in [1.82, 2.24) is 0 Å². The molecule has 0 saturated heterocycles. The summed E-state index contributed by atoms with van der Waals surface area (Å²) in [6, 6.07) is 0. The van der Waals surface area contributed by atoms with Crippen LogP contribution in [0.15, 0.2) is 0 Å². The molecule has 0 radical (unpaired) electrons. The van der Waals surface area contributed by atoms with Gasteiger partial charge in [-0.15, -0.1) is 0 Å². The highest BCUT2D eigenvalue weighted by atomic mass is 16.3. The van der Waals surface area contributed by atoms with Crippen LogP contribution in [0.2, 0.25) is 0 Å². The van der Waals surface area contributed by atoms with Crippen molar-refractivity contribution in [2.24, 2.45) is 5.92 Å². The lowest BCUT2D eigenvalue weighted by Gasteiger charge is -2.36. The van der Waals surface area contributed by atoms with E-state index in [1.54, 1.807) is 0 Å². The summed E-state index contributed by atoms with van der Waals surface area (Å²) in [4.78, 5) is 0. The third kappa shape index (κ3) is 11.5. The molecule has 146 valence electrons. The van der Waals surface area contributed by atoms with Gasteiger partial charge in [0.1, 0.15) is 0 Å². The lowest BCUT2D eigenvalue weighted by molar-refractivity contribution is -0.0394. The molecular formula is C23H48O. The first kappa shape index (κ1) is 24.0. The van der Waals surface area contributed by atoms with Crippen LogP contribution in [0, 0.1) is 5.92 Å². The minimum Gasteiger partial charge on any atom is -0.390 e. The number of hydrogen-bond acceptors (Lipinski definition) is 1. The zero-order chi connectivity index (χ0) is 18.1. The Morgan fingerprint density at radius 1 is 0.583 bits per heavy atom. The standard InChI is InChI=1S/C23H48O/c1-5-9-11-13-15-17-20-22(19-7-3)23(24,8-4)21-18-16-14-12-10-6-2/h22,24H,5-21H2,1-4H3. The molecule has 0 aromatic heterocycles. The molecule has 0 spiro atoms. The molecule has 0 fully saturated rings. The average molecular weight is 341 g/mol. The summed E-state index contributed by atoms with van der Waals surface area (Å²) in [5.41, 5.74) is -0.399. The predicted molar refractivity (Wildman–Crippen MR) is 110 cm³/mol. The Labute approximate surface area is 154 Å². The minimum atomic E-state index is -0.399. The first-order valence-corrected chi connectivity index (χ1v) is 11.4. The van der Waals surface area contributed by atoms with Crippen LogP contribution in [0.5, 0.6) is 0 Å². The van der Waals surface area contributed by atoms with Crippen molar-refractivity contribution >= 4 is 0 Å². The number of unbranched alkanes of at least 4 members (excludes halogenated alkanes) is 10. The van der Waals surface area contributed by atoms with Crippen LogP contribution in [0.1, 0.15) is 137 Å². The van der Waals surface area contributed by atoms with E-state index >= 15 is 0 Å². The fraction of sp³-hybridized carbons (Fsp3) is 1.00. The van der Waals surface area contributed by atoms with Crippen molar-refractivity contribution in [2.45, 2.75) is 142 Å². The van der Waals surface area contributed by atoms with Crippen LogP contribution in [0.3, 0.4) is 0 Å². The second-order valence-corrected chi connectivity index (χ2v) is 8.02. The van der Waals surface area contributed by atoms with Gasteiger partial charge in [-0.2, -0.15) is 0 Å². The van der Waals surface area contributed by atoms with Crippen molar-refractivity contribution < 1.29 is 5.11 Å². The summed E-state index contributed by atoms with van der Waals surface area (Å²) < 4.78 is 0. The smallest absolute Gasteiger partial charge is 0.0673 e. The molecule has 1 heteroatoms. The fourth-order valence-corrected chi connectivity index (χ4v) is 4.08. The van der Waals surface area contributed by atoms with Gasteiger partial charge >= 0.3 is 0 Å². The van der Waals surface area contributed by atoms with Crippen molar-refractivity contribution in [2.75, 3.05) is 0 Å². The highest BCUT2D eigenvalue weighted by molar-refractivity contribution is 4.85. The molecule has 0 aliphatic rings. The maximum atomic E-state index is 11.3. The van der Waals surface area contributed by atoms with Crippen LogP contribution in [-0.2, 0) is 0 Å². The van der Waals surface area contributed by atoms with E-state index in [1.807, 2.05) is 0 Å². The third-order valence-electron chi connectivity index (χ3n) is 5.88. The van der Waals surface area contributed by atoms with Crippen LogP contribution in [0.4, 0.5) is 0 Å². The topological polar surface area (TPSA) is 20.2 Å². The molecule has 2 atom stereocenters. The monoisotopic (exact) mass is 340 g/mol. The van der Waals surface area contributed by atoms with Crippen LogP contribution in [0.25, 0.3) is 0 Å². The molecule has 0 amide bonds. The van der Waals surface area contributed by atoms with Gasteiger partial charge in [-0.05, 0) is 31.6 Å².